The third-order valence-electron chi connectivity index (χ3n) is 5.69. The van der Waals surface area contributed by atoms with Crippen molar-refractivity contribution in [1.82, 2.24) is 0 Å². The van der Waals surface area contributed by atoms with Gasteiger partial charge in [-0.15, -0.1) is 11.8 Å². The Balaban J connectivity index is 1.41. The second-order valence-electron chi connectivity index (χ2n) is 7.69. The summed E-state index contributed by atoms with van der Waals surface area (Å²) in [4.78, 5) is 26.0. The number of benzene rings is 3. The van der Waals surface area contributed by atoms with Crippen LogP contribution in [0.3, 0.4) is 0 Å². The van der Waals surface area contributed by atoms with Gasteiger partial charge in [0.25, 0.3) is 0 Å². The molecule has 1 saturated carbocycles. The normalized spacial score (nSPS) is 18.0. The summed E-state index contributed by atoms with van der Waals surface area (Å²) >= 11 is 7.64. The van der Waals surface area contributed by atoms with Crippen LogP contribution in [0.5, 0.6) is 0 Å². The first-order chi connectivity index (χ1) is 15.0. The predicted octanol–water partition coefficient (Wildman–Crippen LogP) is 6.94. The summed E-state index contributed by atoms with van der Waals surface area (Å²) < 4.78 is 4.89. The number of carbonyl (C=O) groups is 2. The summed E-state index contributed by atoms with van der Waals surface area (Å²) in [5, 5.41) is 1.02. The van der Waals surface area contributed by atoms with Crippen molar-refractivity contribution in [3.8, 4) is 11.1 Å². The van der Waals surface area contributed by atoms with Crippen LogP contribution in [0.1, 0.15) is 40.0 Å². The van der Waals surface area contributed by atoms with Gasteiger partial charge in [-0.25, -0.2) is 4.79 Å². The number of carbonyl (C=O) groups excluding carboxylic acids is 2. The van der Waals surface area contributed by atoms with E-state index in [9.17, 15) is 9.59 Å². The van der Waals surface area contributed by atoms with Gasteiger partial charge >= 0.3 is 5.97 Å². The Morgan fingerprint density at radius 1 is 0.903 bits per heavy atom. The molecule has 0 aliphatic heterocycles. The van der Waals surface area contributed by atoms with Gasteiger partial charge in [-0.05, 0) is 54.7 Å². The summed E-state index contributed by atoms with van der Waals surface area (Å²) in [5.74, 6) is -0.106. The van der Waals surface area contributed by atoms with Gasteiger partial charge < -0.3 is 4.74 Å². The zero-order valence-electron chi connectivity index (χ0n) is 17.2. The topological polar surface area (TPSA) is 43.4 Å². The molecule has 158 valence electrons. The number of halogens is 1. The highest BCUT2D eigenvalue weighted by Crippen LogP contribution is 2.40. The van der Waals surface area contributed by atoms with Crippen molar-refractivity contribution in [2.24, 2.45) is 5.92 Å². The zero-order valence-corrected chi connectivity index (χ0v) is 18.8. The number of Topliss-reactive ketones (excluding diaryl/α,β-unsaturated/α-hetero) is 1. The third kappa shape index (κ3) is 5.03. The third-order valence-corrected chi connectivity index (χ3v) is 7.31. The zero-order chi connectivity index (χ0) is 21.8. The molecule has 0 bridgehead atoms. The van der Waals surface area contributed by atoms with E-state index in [4.69, 9.17) is 16.3 Å². The molecular weight excluding hydrogens is 428 g/mol. The molecule has 2 atom stereocenters. The summed E-state index contributed by atoms with van der Waals surface area (Å²) in [6.45, 7) is 0. The fraction of sp³-hybridized carbons (Fsp3) is 0.231. The Morgan fingerprint density at radius 2 is 1.55 bits per heavy atom. The monoisotopic (exact) mass is 450 g/mol. The highest BCUT2D eigenvalue weighted by atomic mass is 35.5. The first kappa shape index (κ1) is 21.7. The van der Waals surface area contributed by atoms with E-state index in [1.807, 2.05) is 66.7 Å². The minimum Gasteiger partial charge on any atom is -0.465 e. The number of esters is 1. The van der Waals surface area contributed by atoms with Crippen LogP contribution in [0.15, 0.2) is 77.7 Å². The van der Waals surface area contributed by atoms with Gasteiger partial charge in [0.15, 0.2) is 5.78 Å². The minimum atomic E-state index is -0.325. The van der Waals surface area contributed by atoms with Crippen LogP contribution in [0.4, 0.5) is 0 Å². The smallest absolute Gasteiger partial charge is 0.338 e. The molecule has 0 amide bonds. The van der Waals surface area contributed by atoms with E-state index in [1.165, 1.54) is 7.11 Å². The van der Waals surface area contributed by atoms with Crippen molar-refractivity contribution in [2.45, 2.75) is 29.4 Å². The summed E-state index contributed by atoms with van der Waals surface area (Å²) in [7, 11) is 1.40. The van der Waals surface area contributed by atoms with E-state index in [-0.39, 0.29) is 17.7 Å². The van der Waals surface area contributed by atoms with Crippen LogP contribution in [-0.2, 0) is 4.74 Å². The van der Waals surface area contributed by atoms with Gasteiger partial charge in [-0.1, -0.05) is 60.1 Å². The molecule has 3 aromatic rings. The van der Waals surface area contributed by atoms with E-state index in [1.54, 1.807) is 17.8 Å². The molecule has 0 saturated heterocycles. The van der Waals surface area contributed by atoms with Gasteiger partial charge in [0.2, 0.25) is 0 Å². The molecule has 0 N–H and O–H groups in total. The van der Waals surface area contributed by atoms with Crippen molar-refractivity contribution >= 4 is 35.1 Å². The van der Waals surface area contributed by atoms with E-state index in [2.05, 4.69) is 0 Å². The molecule has 1 aliphatic rings. The Labute approximate surface area is 191 Å². The largest absolute Gasteiger partial charge is 0.465 e. The highest BCUT2D eigenvalue weighted by Gasteiger charge is 2.31. The number of ketones is 1. The second-order valence-corrected chi connectivity index (χ2v) is 9.46. The van der Waals surface area contributed by atoms with Crippen LogP contribution in [-0.4, -0.2) is 24.1 Å². The van der Waals surface area contributed by atoms with Gasteiger partial charge in [-0.3, -0.25) is 4.79 Å². The first-order valence-electron chi connectivity index (χ1n) is 10.3. The quantitative estimate of drug-likeness (QED) is 0.301. The van der Waals surface area contributed by atoms with Crippen molar-refractivity contribution in [1.29, 1.82) is 0 Å². The number of methoxy groups -OCH3 is 1. The van der Waals surface area contributed by atoms with E-state index < -0.39 is 0 Å². The van der Waals surface area contributed by atoms with E-state index in [0.717, 1.165) is 40.8 Å². The van der Waals surface area contributed by atoms with Crippen molar-refractivity contribution in [3.05, 3.63) is 88.9 Å². The lowest BCUT2D eigenvalue weighted by Gasteiger charge is -2.13. The SMILES string of the molecule is COC(=O)c1ccccc1S[C@@H]1CC[C@@H](C(=O)c2ccc(-c3ccc(Cl)cc3)cc2)C1. The van der Waals surface area contributed by atoms with E-state index in [0.29, 0.717) is 15.8 Å². The minimum absolute atomic E-state index is 0.0178. The maximum atomic E-state index is 13.1. The Hall–Kier alpha value is -2.56. The number of thioether (sulfide) groups is 1. The van der Waals surface area contributed by atoms with Crippen LogP contribution in [0.25, 0.3) is 11.1 Å². The lowest BCUT2D eigenvalue weighted by Crippen LogP contribution is -2.12. The maximum absolute atomic E-state index is 13.1. The van der Waals surface area contributed by atoms with Crippen LogP contribution < -0.4 is 0 Å². The lowest BCUT2D eigenvalue weighted by atomic mass is 9.94. The first-order valence-corrected chi connectivity index (χ1v) is 11.5. The lowest BCUT2D eigenvalue weighted by molar-refractivity contribution is 0.0596. The Bertz CT molecular complexity index is 1080. The number of hydrogen-bond donors (Lipinski definition) is 0. The molecule has 0 spiro atoms. The van der Waals surface area contributed by atoms with Gasteiger partial charge in [0, 0.05) is 26.6 Å². The number of rotatable bonds is 6. The van der Waals surface area contributed by atoms with Crippen molar-refractivity contribution in [2.75, 3.05) is 7.11 Å². The predicted molar refractivity (Wildman–Crippen MR) is 126 cm³/mol. The molecule has 5 heteroatoms. The number of ether oxygens (including phenoxy) is 1. The van der Waals surface area contributed by atoms with Gasteiger partial charge in [0.1, 0.15) is 0 Å². The molecule has 4 rings (SSSR count). The number of hydrogen-bond acceptors (Lipinski definition) is 4. The summed E-state index contributed by atoms with van der Waals surface area (Å²) in [5.41, 5.74) is 3.48. The molecule has 0 unspecified atom stereocenters. The molecular formula is C26H23ClO3S. The van der Waals surface area contributed by atoms with Crippen LogP contribution in [0.2, 0.25) is 5.02 Å². The Kier molecular flexibility index (Phi) is 6.79. The van der Waals surface area contributed by atoms with E-state index >= 15 is 0 Å². The average molecular weight is 451 g/mol. The van der Waals surface area contributed by atoms with Gasteiger partial charge in [-0.2, -0.15) is 0 Å². The average Bonchev–Trinajstić information content (AvgIpc) is 3.27. The molecule has 1 fully saturated rings. The van der Waals surface area contributed by atoms with Crippen molar-refractivity contribution < 1.29 is 14.3 Å². The van der Waals surface area contributed by atoms with Crippen molar-refractivity contribution in [3.63, 3.8) is 0 Å². The fourth-order valence-corrected chi connectivity index (χ4v) is 5.52. The highest BCUT2D eigenvalue weighted by molar-refractivity contribution is 8.00. The molecule has 0 aromatic heterocycles. The van der Waals surface area contributed by atoms with Crippen LogP contribution >= 0.6 is 23.4 Å². The molecule has 0 heterocycles. The summed E-state index contributed by atoms with van der Waals surface area (Å²) in [6, 6.07) is 23.0. The molecule has 3 nitrogen and oxygen atoms in total. The maximum Gasteiger partial charge on any atom is 0.338 e. The second kappa shape index (κ2) is 9.71. The summed E-state index contributed by atoms with van der Waals surface area (Å²) in [6.07, 6.45) is 2.65. The van der Waals surface area contributed by atoms with Crippen LogP contribution in [0, 0.1) is 5.92 Å². The molecule has 31 heavy (non-hydrogen) atoms. The van der Waals surface area contributed by atoms with Gasteiger partial charge in [0.05, 0.1) is 12.7 Å². The Morgan fingerprint density at radius 3 is 2.23 bits per heavy atom. The molecule has 0 radical (unpaired) electrons. The molecule has 3 aromatic carbocycles. The molecule has 1 aliphatic carbocycles. The standard InChI is InChI=1S/C26H23ClO3S/c1-30-26(29)23-4-2-3-5-24(23)31-22-15-12-20(16-22)25(28)19-8-6-17(7-9-19)18-10-13-21(27)14-11-18/h2-11,13-14,20,22H,12,15-16H2,1H3/t20-,22-/m1/s1. The fourth-order valence-electron chi connectivity index (χ4n) is 4.02.